The van der Waals surface area contributed by atoms with Gasteiger partial charge in [0.1, 0.15) is 11.4 Å². The van der Waals surface area contributed by atoms with Crippen LogP contribution >= 0.6 is 0 Å². The average molecular weight is 484 g/mol. The van der Waals surface area contributed by atoms with Crippen LogP contribution in [0.4, 0.5) is 5.69 Å². The lowest BCUT2D eigenvalue weighted by atomic mass is 9.96. The smallest absolute Gasteiger partial charge is 0.309 e. The van der Waals surface area contributed by atoms with Crippen LogP contribution in [0.5, 0.6) is 5.75 Å². The Labute approximate surface area is 207 Å². The third-order valence-corrected chi connectivity index (χ3v) is 7.13. The van der Waals surface area contributed by atoms with Gasteiger partial charge in [0.25, 0.3) is 5.91 Å². The summed E-state index contributed by atoms with van der Waals surface area (Å²) in [7, 11) is 1.66. The Morgan fingerprint density at radius 1 is 1.09 bits per heavy atom. The molecule has 0 spiro atoms. The van der Waals surface area contributed by atoms with Crippen molar-refractivity contribution in [3.05, 3.63) is 46.8 Å². The molecule has 2 saturated heterocycles. The van der Waals surface area contributed by atoms with Crippen molar-refractivity contribution in [3.8, 4) is 5.75 Å². The quantitative estimate of drug-likeness (QED) is 0.562. The number of likely N-dealkylation sites (tertiary alicyclic amines) is 1. The van der Waals surface area contributed by atoms with Crippen molar-refractivity contribution < 1.29 is 23.8 Å². The largest absolute Gasteiger partial charge is 0.497 e. The highest BCUT2D eigenvalue weighted by Gasteiger charge is 2.33. The Kier molecular flexibility index (Phi) is 8.00. The topological polar surface area (TPSA) is 73.2 Å². The summed E-state index contributed by atoms with van der Waals surface area (Å²) >= 11 is 0. The lowest BCUT2D eigenvalue weighted by Crippen LogP contribution is -2.41. The molecule has 190 valence electrons. The fourth-order valence-electron chi connectivity index (χ4n) is 5.29. The van der Waals surface area contributed by atoms with Crippen LogP contribution < -0.4 is 9.64 Å². The number of carbonyl (C=O) groups excluding carboxylic acids is 2. The summed E-state index contributed by atoms with van der Waals surface area (Å²) in [5.41, 5.74) is 5.01. The van der Waals surface area contributed by atoms with Gasteiger partial charge < -0.3 is 28.6 Å². The Hall–Kier alpha value is -3.00. The van der Waals surface area contributed by atoms with E-state index in [0.717, 1.165) is 47.0 Å². The Morgan fingerprint density at radius 2 is 1.80 bits per heavy atom. The number of piperidine rings is 1. The van der Waals surface area contributed by atoms with Crippen LogP contribution in [0.2, 0.25) is 0 Å². The van der Waals surface area contributed by atoms with Crippen LogP contribution in [0.3, 0.4) is 0 Å². The van der Waals surface area contributed by atoms with Gasteiger partial charge in [0.15, 0.2) is 0 Å². The molecule has 0 radical (unpaired) electrons. The molecule has 35 heavy (non-hydrogen) atoms. The second-order valence-electron chi connectivity index (χ2n) is 9.26. The number of anilines is 1. The van der Waals surface area contributed by atoms with Crippen LogP contribution in [0, 0.1) is 19.8 Å². The van der Waals surface area contributed by atoms with Crippen LogP contribution in [0.15, 0.2) is 24.3 Å². The number of amides is 1. The Bertz CT molecular complexity index is 1050. The highest BCUT2D eigenvalue weighted by molar-refractivity contribution is 5.97. The molecule has 2 fully saturated rings. The monoisotopic (exact) mass is 483 g/mol. The van der Waals surface area contributed by atoms with Gasteiger partial charge >= 0.3 is 5.97 Å². The number of morpholine rings is 1. The highest BCUT2D eigenvalue weighted by atomic mass is 16.5. The molecule has 2 aliphatic heterocycles. The molecule has 0 atom stereocenters. The molecule has 1 amide bonds. The minimum absolute atomic E-state index is 0.0234. The number of ether oxygens (including phenoxy) is 3. The van der Waals surface area contributed by atoms with E-state index in [2.05, 4.69) is 29.4 Å². The molecule has 0 aliphatic carbocycles. The summed E-state index contributed by atoms with van der Waals surface area (Å²) < 4.78 is 18.3. The number of hydrogen-bond acceptors (Lipinski definition) is 6. The lowest BCUT2D eigenvalue weighted by molar-refractivity contribution is -0.149. The van der Waals surface area contributed by atoms with E-state index in [9.17, 15) is 9.59 Å². The summed E-state index contributed by atoms with van der Waals surface area (Å²) in [6.45, 7) is 11.0. The van der Waals surface area contributed by atoms with Crippen molar-refractivity contribution in [2.45, 2.75) is 40.2 Å². The van der Waals surface area contributed by atoms with Gasteiger partial charge in [0, 0.05) is 44.0 Å². The average Bonchev–Trinajstić information content (AvgIpc) is 3.13. The van der Waals surface area contributed by atoms with Gasteiger partial charge in [-0.15, -0.1) is 0 Å². The van der Waals surface area contributed by atoms with Gasteiger partial charge in [-0.1, -0.05) is 12.1 Å². The molecule has 8 heteroatoms. The molecule has 3 heterocycles. The van der Waals surface area contributed by atoms with Gasteiger partial charge in [0.05, 0.1) is 38.5 Å². The summed E-state index contributed by atoms with van der Waals surface area (Å²) in [6.07, 6.45) is 1.27. The molecule has 2 aliphatic rings. The predicted molar refractivity (Wildman–Crippen MR) is 134 cm³/mol. The maximum Gasteiger partial charge on any atom is 0.309 e. The maximum absolute atomic E-state index is 13.9. The van der Waals surface area contributed by atoms with Crippen molar-refractivity contribution in [3.63, 3.8) is 0 Å². The molecule has 0 N–H and O–H groups in total. The summed E-state index contributed by atoms with van der Waals surface area (Å²) in [5, 5.41) is 0. The van der Waals surface area contributed by atoms with Gasteiger partial charge in [-0.05, 0) is 51.3 Å². The third kappa shape index (κ3) is 5.32. The van der Waals surface area contributed by atoms with E-state index in [4.69, 9.17) is 14.2 Å². The first-order valence-corrected chi connectivity index (χ1v) is 12.6. The fourth-order valence-corrected chi connectivity index (χ4v) is 5.29. The molecular formula is C27H37N3O5. The second kappa shape index (κ2) is 11.2. The van der Waals surface area contributed by atoms with Crippen LogP contribution in [-0.4, -0.2) is 74.5 Å². The lowest BCUT2D eigenvalue weighted by Gasteiger charge is -2.31. The standard InChI is InChI=1S/C27H37N3O5/c1-5-35-27(32)22-9-11-29(12-10-22)26(31)25-19(2)24(28-13-15-34-16-14-28)20(3)30(25)18-21-7-6-8-23(17-21)33-4/h6-8,17,22H,5,9-16,18H2,1-4H3. The molecule has 1 aromatic heterocycles. The van der Waals surface area contributed by atoms with E-state index >= 15 is 0 Å². The summed E-state index contributed by atoms with van der Waals surface area (Å²) in [4.78, 5) is 30.3. The van der Waals surface area contributed by atoms with E-state index in [1.54, 1.807) is 7.11 Å². The number of nitrogens with zero attached hydrogens (tertiary/aromatic N) is 3. The first-order chi connectivity index (χ1) is 16.9. The minimum Gasteiger partial charge on any atom is -0.497 e. The number of aromatic nitrogens is 1. The van der Waals surface area contributed by atoms with Crippen LogP contribution in [0.25, 0.3) is 0 Å². The van der Waals surface area contributed by atoms with Crippen molar-refractivity contribution >= 4 is 17.6 Å². The Morgan fingerprint density at radius 3 is 2.46 bits per heavy atom. The molecule has 0 saturated carbocycles. The second-order valence-corrected chi connectivity index (χ2v) is 9.26. The van der Waals surface area contributed by atoms with Gasteiger partial charge in [-0.2, -0.15) is 0 Å². The zero-order chi connectivity index (χ0) is 24.9. The van der Waals surface area contributed by atoms with Crippen molar-refractivity contribution in [1.29, 1.82) is 0 Å². The molecule has 2 aromatic rings. The SMILES string of the molecule is CCOC(=O)C1CCN(C(=O)c2c(C)c(N3CCOCC3)c(C)n2Cc2cccc(OC)c2)CC1. The number of benzene rings is 1. The predicted octanol–water partition coefficient (Wildman–Crippen LogP) is 3.41. The number of esters is 1. The zero-order valence-corrected chi connectivity index (χ0v) is 21.3. The first-order valence-electron chi connectivity index (χ1n) is 12.6. The summed E-state index contributed by atoms with van der Waals surface area (Å²) in [5.74, 6) is 0.540. The van der Waals surface area contributed by atoms with Crippen LogP contribution in [-0.2, 0) is 20.8 Å². The normalized spacial score (nSPS) is 16.9. The number of hydrogen-bond donors (Lipinski definition) is 0. The minimum atomic E-state index is -0.150. The molecule has 0 unspecified atom stereocenters. The first kappa shape index (κ1) is 25.1. The van der Waals surface area contributed by atoms with E-state index in [1.165, 1.54) is 0 Å². The molecule has 8 nitrogen and oxygen atoms in total. The van der Waals surface area contributed by atoms with Gasteiger partial charge in [-0.3, -0.25) is 9.59 Å². The maximum atomic E-state index is 13.9. The van der Waals surface area contributed by atoms with E-state index in [0.29, 0.717) is 52.3 Å². The third-order valence-electron chi connectivity index (χ3n) is 7.13. The van der Waals surface area contributed by atoms with Gasteiger partial charge in [-0.25, -0.2) is 0 Å². The zero-order valence-electron chi connectivity index (χ0n) is 21.3. The van der Waals surface area contributed by atoms with Crippen molar-refractivity contribution in [2.24, 2.45) is 5.92 Å². The van der Waals surface area contributed by atoms with Crippen LogP contribution in [0.1, 0.15) is 47.1 Å². The number of methoxy groups -OCH3 is 1. The van der Waals surface area contributed by atoms with E-state index in [-0.39, 0.29) is 17.8 Å². The molecular weight excluding hydrogens is 446 g/mol. The number of carbonyl (C=O) groups is 2. The van der Waals surface area contributed by atoms with E-state index in [1.807, 2.05) is 30.0 Å². The Balaban J connectivity index is 1.65. The molecule has 4 rings (SSSR count). The highest BCUT2D eigenvalue weighted by Crippen LogP contribution is 2.34. The summed E-state index contributed by atoms with van der Waals surface area (Å²) in [6, 6.07) is 7.98. The van der Waals surface area contributed by atoms with E-state index < -0.39 is 0 Å². The van der Waals surface area contributed by atoms with Crippen molar-refractivity contribution in [1.82, 2.24) is 9.47 Å². The number of rotatable bonds is 7. The molecule has 1 aromatic carbocycles. The van der Waals surface area contributed by atoms with Crippen molar-refractivity contribution in [2.75, 3.05) is 58.0 Å². The molecule has 0 bridgehead atoms. The fraction of sp³-hybridized carbons (Fsp3) is 0.556. The van der Waals surface area contributed by atoms with Gasteiger partial charge in [0.2, 0.25) is 0 Å².